The van der Waals surface area contributed by atoms with E-state index in [1.807, 2.05) is 0 Å². The van der Waals surface area contributed by atoms with E-state index < -0.39 is 0 Å². The van der Waals surface area contributed by atoms with Gasteiger partial charge in [-0.05, 0) is 6.92 Å². The summed E-state index contributed by atoms with van der Waals surface area (Å²) in [6.07, 6.45) is 2.74. The lowest BCUT2D eigenvalue weighted by molar-refractivity contribution is -0.142. The summed E-state index contributed by atoms with van der Waals surface area (Å²) in [6.45, 7) is 2.12. The van der Waals surface area contributed by atoms with E-state index >= 15 is 0 Å². The number of halogens is 1. The van der Waals surface area contributed by atoms with E-state index in [0.29, 0.717) is 12.2 Å². The number of esters is 1. The number of hydrogen-bond acceptors (Lipinski definition) is 3. The van der Waals surface area contributed by atoms with Gasteiger partial charge < -0.3 is 4.74 Å². The Bertz CT molecular complexity index is 272. The van der Waals surface area contributed by atoms with Crippen molar-refractivity contribution in [3.05, 3.63) is 16.9 Å². The number of ether oxygens (including phenoxy) is 1. The van der Waals surface area contributed by atoms with E-state index in [4.69, 9.17) is 16.3 Å². The smallest absolute Gasteiger partial charge is 0.310 e. The summed E-state index contributed by atoms with van der Waals surface area (Å²) in [7, 11) is 0. The number of H-pyrrole nitrogens is 1. The second-order valence-corrected chi connectivity index (χ2v) is 2.46. The van der Waals surface area contributed by atoms with Gasteiger partial charge in [-0.15, -0.1) is 0 Å². The molecule has 0 aliphatic heterocycles. The number of aromatic nitrogens is 2. The first kappa shape index (κ1) is 9.06. The number of nitrogens with one attached hydrogen (secondary N) is 1. The molecule has 1 rings (SSSR count). The van der Waals surface area contributed by atoms with Crippen LogP contribution in [0.15, 0.2) is 0 Å². The maximum Gasteiger partial charge on any atom is 0.310 e. The first-order chi connectivity index (χ1) is 5.74. The van der Waals surface area contributed by atoms with Crippen molar-refractivity contribution in [1.29, 1.82) is 0 Å². The summed E-state index contributed by atoms with van der Waals surface area (Å²) >= 11 is 5.60. The van der Waals surface area contributed by atoms with E-state index in [0.717, 1.165) is 0 Å². The Hall–Kier alpha value is -1.03. The summed E-state index contributed by atoms with van der Waals surface area (Å²) in [6, 6.07) is 0. The van der Waals surface area contributed by atoms with E-state index in [2.05, 4.69) is 16.4 Å². The molecular formula is C7H8ClN2O2. The number of hydrogen-bond donors (Lipinski definition) is 1. The maximum absolute atomic E-state index is 10.9. The number of carbonyl (C=O) groups excluding carboxylic acids is 1. The van der Waals surface area contributed by atoms with Gasteiger partial charge in [0.25, 0.3) is 0 Å². The molecule has 0 saturated carbocycles. The lowest BCUT2D eigenvalue weighted by Crippen LogP contribution is -2.07. The molecule has 0 atom stereocenters. The molecule has 0 bridgehead atoms. The predicted molar refractivity (Wildman–Crippen MR) is 42.8 cm³/mol. The second kappa shape index (κ2) is 4.11. The topological polar surface area (TPSA) is 55.0 Å². The molecule has 5 heteroatoms. The molecule has 12 heavy (non-hydrogen) atoms. The summed E-state index contributed by atoms with van der Waals surface area (Å²) in [5.74, 6) is -0.322. The van der Waals surface area contributed by atoms with Crippen LogP contribution in [0.5, 0.6) is 0 Å². The third-order valence-electron chi connectivity index (χ3n) is 1.24. The maximum atomic E-state index is 10.9. The quantitative estimate of drug-likeness (QED) is 0.718. The fourth-order valence-corrected chi connectivity index (χ4v) is 0.893. The van der Waals surface area contributed by atoms with Gasteiger partial charge in [0.15, 0.2) is 5.15 Å². The van der Waals surface area contributed by atoms with Crippen molar-refractivity contribution in [2.24, 2.45) is 0 Å². The van der Waals surface area contributed by atoms with E-state index in [-0.39, 0.29) is 17.5 Å². The van der Waals surface area contributed by atoms with Gasteiger partial charge in [-0.2, -0.15) is 5.10 Å². The zero-order valence-corrected chi connectivity index (χ0v) is 7.31. The van der Waals surface area contributed by atoms with E-state index in [1.54, 1.807) is 6.92 Å². The standard InChI is InChI=1S/C7H8ClN2O2/c1-2-12-6(11)3-5-4-9-10-7(5)8/h2-3H2,1H3,(H,9,10). The van der Waals surface area contributed by atoms with Crippen molar-refractivity contribution < 1.29 is 9.53 Å². The second-order valence-electron chi connectivity index (χ2n) is 2.10. The van der Waals surface area contributed by atoms with Crippen LogP contribution in [0.25, 0.3) is 0 Å². The summed E-state index contributed by atoms with van der Waals surface area (Å²) in [4.78, 5) is 10.9. The molecule has 0 spiro atoms. The van der Waals surface area contributed by atoms with Crippen LogP contribution in [0.4, 0.5) is 0 Å². The Labute approximate surface area is 74.9 Å². The van der Waals surface area contributed by atoms with Crippen LogP contribution in [0.3, 0.4) is 0 Å². The first-order valence-corrected chi connectivity index (χ1v) is 3.88. The van der Waals surface area contributed by atoms with Crippen LogP contribution in [-0.2, 0) is 16.0 Å². The molecular weight excluding hydrogens is 180 g/mol. The molecule has 65 valence electrons. The average molecular weight is 188 g/mol. The highest BCUT2D eigenvalue weighted by molar-refractivity contribution is 6.30. The number of rotatable bonds is 3. The van der Waals surface area contributed by atoms with E-state index in [1.165, 1.54) is 0 Å². The molecule has 1 aromatic rings. The molecule has 0 fully saturated rings. The summed E-state index contributed by atoms with van der Waals surface area (Å²) < 4.78 is 4.71. The van der Waals surface area contributed by atoms with Gasteiger partial charge >= 0.3 is 5.97 Å². The fraction of sp³-hybridized carbons (Fsp3) is 0.429. The minimum absolute atomic E-state index is 0.114. The van der Waals surface area contributed by atoms with Crippen LogP contribution in [0.1, 0.15) is 12.5 Å². The van der Waals surface area contributed by atoms with Crippen molar-refractivity contribution in [3.8, 4) is 0 Å². The highest BCUT2D eigenvalue weighted by Gasteiger charge is 2.09. The Kier molecular flexibility index (Phi) is 3.10. The largest absolute Gasteiger partial charge is 0.466 e. The van der Waals surface area contributed by atoms with E-state index in [9.17, 15) is 4.79 Å². The molecule has 1 aromatic heterocycles. The molecule has 0 unspecified atom stereocenters. The van der Waals surface area contributed by atoms with Crippen LogP contribution < -0.4 is 0 Å². The van der Waals surface area contributed by atoms with Crippen LogP contribution >= 0.6 is 11.6 Å². The monoisotopic (exact) mass is 187 g/mol. The minimum Gasteiger partial charge on any atom is -0.466 e. The van der Waals surface area contributed by atoms with Gasteiger partial charge in [0.05, 0.1) is 19.2 Å². The van der Waals surface area contributed by atoms with Crippen molar-refractivity contribution in [2.45, 2.75) is 13.3 Å². The van der Waals surface area contributed by atoms with Crippen molar-refractivity contribution >= 4 is 17.6 Å². The molecule has 0 aliphatic rings. The predicted octanol–water partition coefficient (Wildman–Crippen LogP) is 0.969. The van der Waals surface area contributed by atoms with Gasteiger partial charge in [-0.1, -0.05) is 11.6 Å². The highest BCUT2D eigenvalue weighted by atomic mass is 35.5. The van der Waals surface area contributed by atoms with Gasteiger partial charge in [0, 0.05) is 5.56 Å². The number of aromatic amines is 1. The van der Waals surface area contributed by atoms with Gasteiger partial charge in [-0.3, -0.25) is 9.89 Å². The minimum atomic E-state index is -0.322. The Morgan fingerprint density at radius 3 is 3.08 bits per heavy atom. The molecule has 4 nitrogen and oxygen atoms in total. The van der Waals surface area contributed by atoms with Gasteiger partial charge in [-0.25, -0.2) is 0 Å². The highest BCUT2D eigenvalue weighted by Crippen LogP contribution is 2.10. The fourth-order valence-electron chi connectivity index (χ4n) is 0.737. The Morgan fingerprint density at radius 1 is 1.83 bits per heavy atom. The normalized spacial score (nSPS) is 9.83. The summed E-state index contributed by atoms with van der Waals surface area (Å²) in [5.41, 5.74) is 0.537. The summed E-state index contributed by atoms with van der Waals surface area (Å²) in [5, 5.41) is 6.30. The zero-order chi connectivity index (χ0) is 8.97. The Balaban J connectivity index is 2.52. The third-order valence-corrected chi connectivity index (χ3v) is 1.55. The molecule has 0 aliphatic carbocycles. The van der Waals surface area contributed by atoms with Crippen LogP contribution in [-0.4, -0.2) is 22.8 Å². The lowest BCUT2D eigenvalue weighted by Gasteiger charge is -1.98. The number of nitrogens with zero attached hydrogens (tertiary/aromatic N) is 1. The molecule has 1 radical (unpaired) electrons. The Morgan fingerprint density at radius 2 is 2.58 bits per heavy atom. The molecule has 1 N–H and O–H groups in total. The van der Waals surface area contributed by atoms with Crippen molar-refractivity contribution in [3.63, 3.8) is 0 Å². The third kappa shape index (κ3) is 2.23. The average Bonchev–Trinajstić information content (AvgIpc) is 2.37. The molecule has 1 heterocycles. The number of carbonyl (C=O) groups is 1. The van der Waals surface area contributed by atoms with Gasteiger partial charge in [0.2, 0.25) is 0 Å². The molecule has 0 amide bonds. The van der Waals surface area contributed by atoms with Crippen LogP contribution in [0, 0.1) is 6.20 Å². The SMILES string of the molecule is CCOC(=O)Cc1[c][nH]nc1Cl. The first-order valence-electron chi connectivity index (χ1n) is 3.50. The van der Waals surface area contributed by atoms with Crippen LogP contribution in [0.2, 0.25) is 5.15 Å². The van der Waals surface area contributed by atoms with Crippen molar-refractivity contribution in [1.82, 2.24) is 10.2 Å². The lowest BCUT2D eigenvalue weighted by atomic mass is 10.3. The molecule has 0 aromatic carbocycles. The van der Waals surface area contributed by atoms with Crippen molar-refractivity contribution in [2.75, 3.05) is 6.61 Å². The van der Waals surface area contributed by atoms with Gasteiger partial charge in [0.1, 0.15) is 0 Å². The molecule has 0 saturated heterocycles. The zero-order valence-electron chi connectivity index (χ0n) is 6.56.